The second-order valence-corrected chi connectivity index (χ2v) is 9.59. The van der Waals surface area contributed by atoms with Crippen molar-refractivity contribution in [1.29, 1.82) is 0 Å². The third kappa shape index (κ3) is 5.20. The van der Waals surface area contributed by atoms with Gasteiger partial charge in [-0.2, -0.15) is 0 Å². The lowest BCUT2D eigenvalue weighted by Gasteiger charge is -2.15. The normalized spacial score (nSPS) is 16.0. The highest BCUT2D eigenvalue weighted by Gasteiger charge is 2.22. The fraction of sp³-hybridized carbons (Fsp3) is 0.526. The number of rotatable bonds is 7. The molecule has 0 unspecified atom stereocenters. The molecule has 7 heteroatoms. The Hall–Kier alpha value is -1.60. The van der Waals surface area contributed by atoms with Gasteiger partial charge in [-0.15, -0.1) is 10.2 Å². The lowest BCUT2D eigenvalue weighted by molar-refractivity contribution is -0.120. The van der Waals surface area contributed by atoms with Gasteiger partial charge < -0.3 is 10.6 Å². The molecule has 1 heterocycles. The summed E-state index contributed by atoms with van der Waals surface area (Å²) in [6.45, 7) is 6.29. The zero-order valence-electron chi connectivity index (χ0n) is 15.5. The van der Waals surface area contributed by atoms with E-state index in [0.29, 0.717) is 12.0 Å². The zero-order chi connectivity index (χ0) is 18.5. The van der Waals surface area contributed by atoms with Gasteiger partial charge in [0.25, 0.3) is 0 Å². The first-order chi connectivity index (χ1) is 12.5. The lowest BCUT2D eigenvalue weighted by atomic mass is 10.0. The lowest BCUT2D eigenvalue weighted by Crippen LogP contribution is -2.37. The number of nitrogens with one attached hydrogen (secondary N) is 2. The third-order valence-electron chi connectivity index (χ3n) is 4.58. The number of carbonyl (C=O) groups excluding carboxylic acids is 1. The highest BCUT2D eigenvalue weighted by molar-refractivity contribution is 8.02. The van der Waals surface area contributed by atoms with E-state index in [1.54, 1.807) is 0 Å². The second-order valence-electron chi connectivity index (χ2n) is 7.02. The van der Waals surface area contributed by atoms with E-state index in [9.17, 15) is 4.79 Å². The van der Waals surface area contributed by atoms with Crippen LogP contribution in [0.4, 0.5) is 10.8 Å². The summed E-state index contributed by atoms with van der Waals surface area (Å²) in [5, 5.41) is 15.4. The first-order valence-corrected chi connectivity index (χ1v) is 10.9. The number of hydrogen-bond donors (Lipinski definition) is 2. The molecule has 0 radical (unpaired) electrons. The molecule has 1 fully saturated rings. The molecule has 0 saturated heterocycles. The van der Waals surface area contributed by atoms with E-state index in [0.717, 1.165) is 28.0 Å². The average molecular weight is 391 g/mol. The van der Waals surface area contributed by atoms with Crippen LogP contribution in [0.15, 0.2) is 28.6 Å². The van der Waals surface area contributed by atoms with Crippen molar-refractivity contribution < 1.29 is 4.79 Å². The molecule has 3 rings (SSSR count). The van der Waals surface area contributed by atoms with Crippen LogP contribution in [-0.4, -0.2) is 27.4 Å². The van der Waals surface area contributed by atoms with Crippen LogP contribution in [0.2, 0.25) is 0 Å². The summed E-state index contributed by atoms with van der Waals surface area (Å²) in [5.41, 5.74) is 2.31. The Kier molecular flexibility index (Phi) is 6.53. The fourth-order valence-corrected chi connectivity index (χ4v) is 4.90. The molecule has 0 bridgehead atoms. The van der Waals surface area contributed by atoms with Crippen molar-refractivity contribution in [3.05, 3.63) is 29.8 Å². The summed E-state index contributed by atoms with van der Waals surface area (Å²) in [4.78, 5) is 12.3. The van der Waals surface area contributed by atoms with E-state index in [2.05, 4.69) is 58.9 Å². The average Bonchev–Trinajstić information content (AvgIpc) is 3.27. The van der Waals surface area contributed by atoms with Gasteiger partial charge in [-0.25, -0.2) is 0 Å². The Balaban J connectivity index is 1.52. The number of aromatic nitrogens is 2. The molecule has 5 nitrogen and oxygen atoms in total. The van der Waals surface area contributed by atoms with Crippen molar-refractivity contribution in [3.63, 3.8) is 0 Å². The van der Waals surface area contributed by atoms with Gasteiger partial charge >= 0.3 is 0 Å². The molecule has 2 aromatic rings. The van der Waals surface area contributed by atoms with Crippen molar-refractivity contribution in [1.82, 2.24) is 15.5 Å². The molecule has 1 aliphatic rings. The Labute approximate surface area is 163 Å². The maximum atomic E-state index is 12.3. The first-order valence-electron chi connectivity index (χ1n) is 9.19. The fourth-order valence-electron chi connectivity index (χ4n) is 2.98. The molecular weight excluding hydrogens is 364 g/mol. The van der Waals surface area contributed by atoms with Crippen LogP contribution < -0.4 is 10.6 Å². The summed E-state index contributed by atoms with van der Waals surface area (Å²) >= 11 is 2.94. The van der Waals surface area contributed by atoms with Crippen LogP contribution in [0.5, 0.6) is 0 Å². The third-order valence-corrected chi connectivity index (χ3v) is 6.61. The summed E-state index contributed by atoms with van der Waals surface area (Å²) < 4.78 is 0.806. The number of anilines is 2. The van der Waals surface area contributed by atoms with E-state index in [1.165, 1.54) is 41.5 Å². The molecule has 0 spiro atoms. The van der Waals surface area contributed by atoms with Crippen molar-refractivity contribution in [3.8, 4) is 0 Å². The van der Waals surface area contributed by atoms with Crippen molar-refractivity contribution in [2.75, 3.05) is 5.32 Å². The standard InChI is InChI=1S/C19H26N4OS2/c1-12(2)14-8-10-16(11-9-14)21-18-22-23-19(26-18)25-13(3)17(24)20-15-6-4-5-7-15/h8-13,15H,4-7H2,1-3H3,(H,20,24)(H,21,22)/t13-/m1/s1. The topological polar surface area (TPSA) is 66.9 Å². The van der Waals surface area contributed by atoms with Crippen molar-refractivity contribution >= 4 is 39.8 Å². The van der Waals surface area contributed by atoms with Gasteiger partial charge in [-0.05, 0) is 43.4 Å². The van der Waals surface area contributed by atoms with Crippen LogP contribution >= 0.6 is 23.1 Å². The maximum Gasteiger partial charge on any atom is 0.233 e. The second kappa shape index (κ2) is 8.86. The number of amides is 1. The quantitative estimate of drug-likeness (QED) is 0.655. The number of carbonyl (C=O) groups is 1. The van der Waals surface area contributed by atoms with Crippen LogP contribution in [0.1, 0.15) is 57.9 Å². The van der Waals surface area contributed by atoms with Gasteiger partial charge in [0.1, 0.15) is 0 Å². The molecule has 26 heavy (non-hydrogen) atoms. The minimum absolute atomic E-state index is 0.0934. The van der Waals surface area contributed by atoms with Crippen molar-refractivity contribution in [2.45, 2.75) is 68.0 Å². The molecule has 1 aromatic carbocycles. The smallest absolute Gasteiger partial charge is 0.233 e. The molecule has 1 atom stereocenters. The molecule has 140 valence electrons. The zero-order valence-corrected chi connectivity index (χ0v) is 17.1. The van der Waals surface area contributed by atoms with Crippen LogP contribution in [0.25, 0.3) is 0 Å². The van der Waals surface area contributed by atoms with Gasteiger partial charge in [-0.3, -0.25) is 4.79 Å². The number of benzene rings is 1. The minimum atomic E-state index is -0.165. The van der Waals surface area contributed by atoms with Crippen molar-refractivity contribution in [2.24, 2.45) is 0 Å². The Bertz CT molecular complexity index is 723. The summed E-state index contributed by atoms with van der Waals surface area (Å²) in [6.07, 6.45) is 4.64. The largest absolute Gasteiger partial charge is 0.352 e. The minimum Gasteiger partial charge on any atom is -0.352 e. The molecule has 1 amide bonds. The summed E-state index contributed by atoms with van der Waals surface area (Å²) in [7, 11) is 0. The molecule has 1 aliphatic carbocycles. The molecule has 2 N–H and O–H groups in total. The van der Waals surface area contributed by atoms with E-state index in [-0.39, 0.29) is 11.2 Å². The first kappa shape index (κ1) is 19.2. The highest BCUT2D eigenvalue weighted by Crippen LogP contribution is 2.31. The molecule has 1 saturated carbocycles. The Morgan fingerprint density at radius 2 is 1.85 bits per heavy atom. The van der Waals surface area contributed by atoms with E-state index >= 15 is 0 Å². The SMILES string of the molecule is CC(C)c1ccc(Nc2nnc(S[C@H](C)C(=O)NC3CCCC3)s2)cc1. The molecular formula is C19H26N4OS2. The summed E-state index contributed by atoms with van der Waals surface area (Å²) in [5.74, 6) is 0.612. The van der Waals surface area contributed by atoms with E-state index < -0.39 is 0 Å². The van der Waals surface area contributed by atoms with Gasteiger partial charge in [-0.1, -0.05) is 61.9 Å². The van der Waals surface area contributed by atoms with Gasteiger partial charge in [0.05, 0.1) is 5.25 Å². The molecule has 1 aromatic heterocycles. The summed E-state index contributed by atoms with van der Waals surface area (Å²) in [6, 6.07) is 8.71. The van der Waals surface area contributed by atoms with E-state index in [1.807, 2.05) is 6.92 Å². The van der Waals surface area contributed by atoms with Gasteiger partial charge in [0.15, 0.2) is 4.34 Å². The van der Waals surface area contributed by atoms with Crippen LogP contribution in [0.3, 0.4) is 0 Å². The highest BCUT2D eigenvalue weighted by atomic mass is 32.2. The van der Waals surface area contributed by atoms with Gasteiger partial charge in [0, 0.05) is 11.7 Å². The Morgan fingerprint density at radius 3 is 2.50 bits per heavy atom. The predicted octanol–water partition coefficient (Wildman–Crippen LogP) is 4.94. The Morgan fingerprint density at radius 1 is 1.15 bits per heavy atom. The maximum absolute atomic E-state index is 12.3. The van der Waals surface area contributed by atoms with Crippen LogP contribution in [-0.2, 0) is 4.79 Å². The monoisotopic (exact) mass is 390 g/mol. The van der Waals surface area contributed by atoms with Crippen LogP contribution in [0, 0.1) is 0 Å². The van der Waals surface area contributed by atoms with E-state index in [4.69, 9.17) is 0 Å². The number of thioether (sulfide) groups is 1. The number of nitrogens with zero attached hydrogens (tertiary/aromatic N) is 2. The molecule has 0 aliphatic heterocycles. The predicted molar refractivity (Wildman–Crippen MR) is 109 cm³/mol. The van der Waals surface area contributed by atoms with Gasteiger partial charge in [0.2, 0.25) is 11.0 Å². The number of hydrogen-bond acceptors (Lipinski definition) is 6.